The quantitative estimate of drug-likeness (QED) is 0.313. The number of rotatable bonds is 3. The molecule has 6 N–H and O–H groups in total. The minimum absolute atomic E-state index is 0.0206. The van der Waals surface area contributed by atoms with Crippen LogP contribution >= 0.6 is 0 Å². The third kappa shape index (κ3) is 3.26. The molecule has 5 atom stereocenters. The van der Waals surface area contributed by atoms with E-state index in [1.165, 1.54) is 24.3 Å². The zero-order valence-electron chi connectivity index (χ0n) is 14.8. The fraction of sp³-hybridized carbons (Fsp3) is 0.316. The van der Waals surface area contributed by atoms with Gasteiger partial charge in [-0.15, -0.1) is 0 Å². The first-order valence-electron chi connectivity index (χ1n) is 8.70. The van der Waals surface area contributed by atoms with Crippen LogP contribution in [0.3, 0.4) is 0 Å². The Morgan fingerprint density at radius 3 is 2.45 bits per heavy atom. The minimum Gasteiger partial charge on any atom is -0.508 e. The predicted molar refractivity (Wildman–Crippen MR) is 97.7 cm³/mol. The number of aromatic hydroxyl groups is 2. The summed E-state index contributed by atoms with van der Waals surface area (Å²) in [6, 6.07) is 6.33. The Morgan fingerprint density at radius 2 is 1.72 bits per heavy atom. The molecule has 10 heteroatoms. The van der Waals surface area contributed by atoms with E-state index >= 15 is 0 Å². The van der Waals surface area contributed by atoms with Crippen LogP contribution in [0.15, 0.2) is 39.5 Å². The van der Waals surface area contributed by atoms with Gasteiger partial charge in [0.05, 0.1) is 12.0 Å². The van der Waals surface area contributed by atoms with Gasteiger partial charge in [-0.25, -0.2) is 0 Å². The van der Waals surface area contributed by atoms with Crippen molar-refractivity contribution in [2.45, 2.75) is 30.7 Å². The molecule has 0 radical (unpaired) electrons. The number of hydrogen-bond acceptors (Lipinski definition) is 10. The van der Waals surface area contributed by atoms with Gasteiger partial charge < -0.3 is 44.5 Å². The maximum atomic E-state index is 12.7. The maximum absolute atomic E-state index is 12.7. The fourth-order valence-electron chi connectivity index (χ4n) is 3.29. The molecule has 1 fully saturated rings. The monoisotopic (exact) mass is 406 g/mol. The minimum atomic E-state index is -1.64. The van der Waals surface area contributed by atoms with E-state index in [0.29, 0.717) is 0 Å². The van der Waals surface area contributed by atoms with Gasteiger partial charge in [0.25, 0.3) is 0 Å². The lowest BCUT2D eigenvalue weighted by molar-refractivity contribution is -0.277. The summed E-state index contributed by atoms with van der Waals surface area (Å²) in [5.41, 5.74) is -0.411. The van der Waals surface area contributed by atoms with Crippen LogP contribution < -0.4 is 10.2 Å². The summed E-state index contributed by atoms with van der Waals surface area (Å²) in [6.45, 7) is -0.624. The van der Waals surface area contributed by atoms with E-state index in [0.717, 1.165) is 6.07 Å². The van der Waals surface area contributed by atoms with Crippen LogP contribution in [0.2, 0.25) is 0 Å². The lowest BCUT2D eigenvalue weighted by Gasteiger charge is -2.39. The van der Waals surface area contributed by atoms with Crippen LogP contribution in [-0.4, -0.2) is 68.0 Å². The molecule has 29 heavy (non-hydrogen) atoms. The third-order valence-corrected chi connectivity index (χ3v) is 4.81. The normalized spacial score (nSPS) is 27.4. The van der Waals surface area contributed by atoms with E-state index in [4.69, 9.17) is 13.9 Å². The van der Waals surface area contributed by atoms with Gasteiger partial charge in [-0.1, -0.05) is 0 Å². The molecule has 2 aromatic carbocycles. The Hall–Kier alpha value is -2.89. The molecule has 2 heterocycles. The molecule has 4 rings (SSSR count). The average Bonchev–Trinajstić information content (AvgIpc) is 2.69. The van der Waals surface area contributed by atoms with Crippen molar-refractivity contribution in [2.75, 3.05) is 6.61 Å². The molecule has 1 aromatic heterocycles. The van der Waals surface area contributed by atoms with Crippen molar-refractivity contribution in [3.8, 4) is 17.2 Å². The number of aliphatic hydroxyl groups is 4. The predicted octanol–water partition coefficient (Wildman–Crippen LogP) is -0.464. The second-order valence-corrected chi connectivity index (χ2v) is 6.74. The number of phenols is 2. The molecule has 154 valence electrons. The lowest BCUT2D eigenvalue weighted by Crippen LogP contribution is -2.60. The second-order valence-electron chi connectivity index (χ2n) is 6.74. The standard InChI is InChI=1S/C19H18O10/c20-6-13-16(24)17(25)18(26)19(29-13)27-8-4-10(22)14-12(5-8)28-11-2-1-7(21)3-9(11)15(14)23/h1-5,13,16-22,24-26H,6H2. The van der Waals surface area contributed by atoms with E-state index in [-0.39, 0.29) is 33.4 Å². The maximum Gasteiger partial charge on any atom is 0.229 e. The highest BCUT2D eigenvalue weighted by atomic mass is 16.7. The number of aliphatic hydroxyl groups excluding tert-OH is 4. The van der Waals surface area contributed by atoms with Crippen LogP contribution in [-0.2, 0) is 4.74 Å². The number of ether oxygens (including phenoxy) is 2. The molecular formula is C19H18O10. The topological polar surface area (TPSA) is 170 Å². The number of fused-ring (bicyclic) bond motifs is 2. The molecule has 0 aliphatic carbocycles. The first-order chi connectivity index (χ1) is 13.8. The lowest BCUT2D eigenvalue weighted by atomic mass is 9.99. The van der Waals surface area contributed by atoms with Gasteiger partial charge in [0.2, 0.25) is 11.7 Å². The molecular weight excluding hydrogens is 388 g/mol. The molecule has 0 amide bonds. The van der Waals surface area contributed by atoms with Crippen molar-refractivity contribution in [2.24, 2.45) is 0 Å². The van der Waals surface area contributed by atoms with E-state index < -0.39 is 48.5 Å². The number of benzene rings is 2. The highest BCUT2D eigenvalue weighted by molar-refractivity contribution is 5.94. The summed E-state index contributed by atoms with van der Waals surface area (Å²) >= 11 is 0. The molecule has 0 spiro atoms. The molecule has 5 unspecified atom stereocenters. The van der Waals surface area contributed by atoms with E-state index in [1.807, 2.05) is 0 Å². The Kier molecular flexibility index (Phi) is 4.81. The number of hydrogen-bond donors (Lipinski definition) is 6. The molecule has 3 aromatic rings. The Balaban J connectivity index is 1.74. The van der Waals surface area contributed by atoms with Crippen LogP contribution in [0.5, 0.6) is 17.2 Å². The Morgan fingerprint density at radius 1 is 0.966 bits per heavy atom. The average molecular weight is 406 g/mol. The van der Waals surface area contributed by atoms with Crippen LogP contribution in [0.25, 0.3) is 21.9 Å². The zero-order chi connectivity index (χ0) is 20.9. The van der Waals surface area contributed by atoms with Crippen molar-refractivity contribution >= 4 is 21.9 Å². The number of phenolic OH excluding ortho intramolecular Hbond substituents is 2. The van der Waals surface area contributed by atoms with Crippen LogP contribution in [0.1, 0.15) is 0 Å². The zero-order valence-corrected chi connectivity index (χ0v) is 14.8. The van der Waals surface area contributed by atoms with Crippen LogP contribution in [0, 0.1) is 0 Å². The second kappa shape index (κ2) is 7.17. The molecule has 0 bridgehead atoms. The van der Waals surface area contributed by atoms with Gasteiger partial charge >= 0.3 is 0 Å². The highest BCUT2D eigenvalue weighted by Crippen LogP contribution is 2.33. The summed E-state index contributed by atoms with van der Waals surface area (Å²) in [7, 11) is 0. The molecule has 1 aliphatic rings. The molecule has 0 saturated carbocycles. The van der Waals surface area contributed by atoms with Crippen molar-refractivity contribution in [1.82, 2.24) is 0 Å². The summed E-state index contributed by atoms with van der Waals surface area (Å²) in [4.78, 5) is 12.7. The van der Waals surface area contributed by atoms with Crippen molar-refractivity contribution < 1.29 is 44.5 Å². The SMILES string of the molecule is O=c1c2cc(O)ccc2oc2cc(OC3OC(CO)C(O)C(O)C3O)cc(O)c12. The molecule has 10 nitrogen and oxygen atoms in total. The van der Waals surface area contributed by atoms with Crippen molar-refractivity contribution in [1.29, 1.82) is 0 Å². The smallest absolute Gasteiger partial charge is 0.229 e. The van der Waals surface area contributed by atoms with Gasteiger partial charge in [-0.05, 0) is 18.2 Å². The first kappa shape index (κ1) is 19.4. The first-order valence-corrected chi connectivity index (χ1v) is 8.70. The van der Waals surface area contributed by atoms with Gasteiger partial charge in [-0.2, -0.15) is 0 Å². The van der Waals surface area contributed by atoms with E-state index in [2.05, 4.69) is 0 Å². The van der Waals surface area contributed by atoms with Crippen LogP contribution in [0.4, 0.5) is 0 Å². The largest absolute Gasteiger partial charge is 0.508 e. The van der Waals surface area contributed by atoms with E-state index in [1.54, 1.807) is 0 Å². The van der Waals surface area contributed by atoms with Gasteiger partial charge in [0, 0.05) is 12.1 Å². The van der Waals surface area contributed by atoms with Crippen molar-refractivity contribution in [3.05, 3.63) is 40.6 Å². The Bertz CT molecular complexity index is 1120. The summed E-state index contributed by atoms with van der Waals surface area (Å²) in [6.07, 6.45) is -7.44. The molecule has 1 saturated heterocycles. The van der Waals surface area contributed by atoms with E-state index in [9.17, 15) is 35.4 Å². The van der Waals surface area contributed by atoms with Gasteiger partial charge in [-0.3, -0.25) is 4.79 Å². The van der Waals surface area contributed by atoms with Crippen molar-refractivity contribution in [3.63, 3.8) is 0 Å². The fourth-order valence-corrected chi connectivity index (χ4v) is 3.29. The third-order valence-electron chi connectivity index (χ3n) is 4.81. The van der Waals surface area contributed by atoms with Gasteiger partial charge in [0.1, 0.15) is 58.2 Å². The summed E-state index contributed by atoms with van der Waals surface area (Å²) < 4.78 is 16.3. The highest BCUT2D eigenvalue weighted by Gasteiger charge is 2.44. The summed E-state index contributed by atoms with van der Waals surface area (Å²) in [5.74, 6) is -0.659. The molecule has 1 aliphatic heterocycles. The summed E-state index contributed by atoms with van der Waals surface area (Å²) in [5, 5.41) is 58.8. The Labute approximate surface area is 162 Å². The van der Waals surface area contributed by atoms with Gasteiger partial charge in [0.15, 0.2) is 0 Å².